The molecule has 1 aromatic heterocycles. The summed E-state index contributed by atoms with van der Waals surface area (Å²) in [6.45, 7) is 2.04. The Labute approximate surface area is 178 Å². The fourth-order valence-corrected chi connectivity index (χ4v) is 3.84. The summed E-state index contributed by atoms with van der Waals surface area (Å²) in [7, 11) is 1.89. The van der Waals surface area contributed by atoms with Crippen molar-refractivity contribution in [3.8, 4) is 22.3 Å². The predicted octanol–water partition coefficient (Wildman–Crippen LogP) is 2.98. The molecule has 27 heavy (non-hydrogen) atoms. The first-order valence-electron chi connectivity index (χ1n) is 8.29. The summed E-state index contributed by atoms with van der Waals surface area (Å²) in [6.07, 6.45) is -0.447. The van der Waals surface area contributed by atoms with E-state index in [1.807, 2.05) is 61.3 Å². The third-order valence-electron chi connectivity index (χ3n) is 4.03. The van der Waals surface area contributed by atoms with Gasteiger partial charge in [0.1, 0.15) is 7.05 Å². The van der Waals surface area contributed by atoms with Crippen molar-refractivity contribution in [2.24, 2.45) is 7.05 Å². The van der Waals surface area contributed by atoms with E-state index in [1.54, 1.807) is 17.8 Å². The zero-order chi connectivity index (χ0) is 18.7. The van der Waals surface area contributed by atoms with Crippen molar-refractivity contribution in [3.63, 3.8) is 0 Å². The maximum Gasteiger partial charge on any atom is 0.416 e. The van der Waals surface area contributed by atoms with E-state index in [0.29, 0.717) is 5.56 Å². The van der Waals surface area contributed by atoms with Crippen molar-refractivity contribution in [1.82, 2.24) is 0 Å². The van der Waals surface area contributed by atoms with Gasteiger partial charge in [0.15, 0.2) is 12.4 Å². The third kappa shape index (κ3) is 5.04. The van der Waals surface area contributed by atoms with Crippen LogP contribution >= 0.6 is 11.8 Å². The lowest BCUT2D eigenvalue weighted by atomic mass is 10.00. The molecule has 0 aliphatic carbocycles. The molecule has 0 fully saturated rings. The Morgan fingerprint density at radius 1 is 0.889 bits per heavy atom. The third-order valence-corrected chi connectivity index (χ3v) is 5.05. The van der Waals surface area contributed by atoms with Gasteiger partial charge >= 0.3 is 6.18 Å². The molecule has 0 atom stereocenters. The molecule has 0 saturated heterocycles. The van der Waals surface area contributed by atoms with E-state index in [0.717, 1.165) is 33.4 Å². The van der Waals surface area contributed by atoms with Crippen molar-refractivity contribution in [3.05, 3.63) is 72.6 Å². The Hall–Kier alpha value is -1.54. The summed E-state index contributed by atoms with van der Waals surface area (Å²) < 4.78 is 41.3. The molecule has 3 rings (SSSR count). The average Bonchev–Trinajstić information content (AvgIpc) is 2.63. The van der Waals surface area contributed by atoms with Crippen molar-refractivity contribution in [2.45, 2.75) is 18.0 Å². The summed E-state index contributed by atoms with van der Waals surface area (Å²) in [5.74, 6) is 0.833. The molecule has 0 saturated carbocycles. The zero-order valence-corrected chi connectivity index (χ0v) is 17.9. The van der Waals surface area contributed by atoms with Crippen LogP contribution in [0.4, 0.5) is 13.2 Å². The van der Waals surface area contributed by atoms with Crippen LogP contribution in [0.25, 0.3) is 22.3 Å². The smallest absolute Gasteiger partial charge is 0.416 e. The second kappa shape index (κ2) is 9.10. The van der Waals surface area contributed by atoms with Crippen LogP contribution < -0.4 is 28.5 Å². The lowest BCUT2D eigenvalue weighted by Crippen LogP contribution is -3.00. The Kier molecular flexibility index (Phi) is 7.33. The first kappa shape index (κ1) is 21.8. The van der Waals surface area contributed by atoms with E-state index >= 15 is 0 Å². The van der Waals surface area contributed by atoms with Gasteiger partial charge in [0, 0.05) is 4.90 Å². The molecule has 0 aliphatic heterocycles. The lowest BCUT2D eigenvalue weighted by Gasteiger charge is -2.14. The molecule has 3 aromatic rings. The topological polar surface area (TPSA) is 3.88 Å². The van der Waals surface area contributed by atoms with E-state index in [1.165, 1.54) is 12.1 Å². The summed E-state index contributed by atoms with van der Waals surface area (Å²) in [5.41, 5.74) is 2.83. The van der Waals surface area contributed by atoms with Crippen LogP contribution in [0.2, 0.25) is 0 Å². The molecule has 0 unspecified atom stereocenters. The lowest BCUT2D eigenvalue weighted by molar-refractivity contribution is -0.670. The number of pyridine rings is 1. The number of rotatable bonds is 4. The van der Waals surface area contributed by atoms with Crippen LogP contribution in [0.1, 0.15) is 12.5 Å². The molecular weight excluding hydrogens is 482 g/mol. The molecule has 142 valence electrons. The number of hydrogen-bond acceptors (Lipinski definition) is 1. The summed E-state index contributed by atoms with van der Waals surface area (Å²) in [6, 6.07) is 15.5. The number of alkyl halides is 3. The first-order chi connectivity index (χ1) is 12.4. The summed E-state index contributed by atoms with van der Waals surface area (Å²) >= 11 is 1.65. The van der Waals surface area contributed by atoms with Gasteiger partial charge in [-0.3, -0.25) is 0 Å². The molecule has 0 amide bonds. The minimum absolute atomic E-state index is 0. The molecule has 2 aromatic carbocycles. The van der Waals surface area contributed by atoms with Gasteiger partial charge in [-0.2, -0.15) is 13.2 Å². The van der Waals surface area contributed by atoms with Gasteiger partial charge in [-0.15, -0.1) is 11.8 Å². The van der Waals surface area contributed by atoms with E-state index in [4.69, 9.17) is 0 Å². The van der Waals surface area contributed by atoms with E-state index < -0.39 is 11.7 Å². The zero-order valence-electron chi connectivity index (χ0n) is 14.9. The highest BCUT2D eigenvalue weighted by molar-refractivity contribution is 7.99. The minimum atomic E-state index is -4.35. The van der Waals surface area contributed by atoms with Gasteiger partial charge in [0.25, 0.3) is 0 Å². The summed E-state index contributed by atoms with van der Waals surface area (Å²) in [5, 5.41) is 0. The molecular formula is C21H19F3INS. The van der Waals surface area contributed by atoms with Crippen molar-refractivity contribution < 1.29 is 41.7 Å². The van der Waals surface area contributed by atoms with E-state index in [2.05, 4.69) is 0 Å². The van der Waals surface area contributed by atoms with Gasteiger partial charge in [-0.25, -0.2) is 4.57 Å². The molecule has 6 heteroatoms. The molecule has 0 N–H and O–H groups in total. The molecule has 1 nitrogen and oxygen atoms in total. The molecule has 0 spiro atoms. The molecule has 0 bridgehead atoms. The normalized spacial score (nSPS) is 11.1. The first-order valence-corrected chi connectivity index (χ1v) is 9.28. The Bertz CT molecular complexity index is 911. The summed E-state index contributed by atoms with van der Waals surface area (Å²) in [4.78, 5) is 0.996. The van der Waals surface area contributed by atoms with E-state index in [-0.39, 0.29) is 24.0 Å². The van der Waals surface area contributed by atoms with Crippen LogP contribution in [-0.2, 0) is 13.2 Å². The van der Waals surface area contributed by atoms with Crippen LogP contribution in [0.3, 0.4) is 0 Å². The number of hydrogen-bond donors (Lipinski definition) is 0. The maximum absolute atomic E-state index is 13.1. The maximum atomic E-state index is 13.1. The highest BCUT2D eigenvalue weighted by atomic mass is 127. The Balaban J connectivity index is 0.00000261. The van der Waals surface area contributed by atoms with Crippen LogP contribution in [0.15, 0.2) is 71.9 Å². The van der Waals surface area contributed by atoms with Gasteiger partial charge in [-0.1, -0.05) is 49.4 Å². The highest BCUT2D eigenvalue weighted by Crippen LogP contribution is 2.39. The number of nitrogens with zero attached hydrogens (tertiary/aromatic N) is 1. The fourth-order valence-electron chi connectivity index (χ4n) is 2.90. The molecule has 1 heterocycles. The minimum Gasteiger partial charge on any atom is -1.00 e. The van der Waals surface area contributed by atoms with Crippen molar-refractivity contribution >= 4 is 11.8 Å². The van der Waals surface area contributed by atoms with Gasteiger partial charge in [0.2, 0.25) is 0 Å². The molecule has 0 aliphatic rings. The SMILES string of the molecule is CCSc1c(-c2ccccc2)c[n+](C)cc1-c1cccc(C(F)(F)F)c1.[I-]. The number of halogens is 4. The van der Waals surface area contributed by atoms with Crippen molar-refractivity contribution in [2.75, 3.05) is 5.75 Å². The highest BCUT2D eigenvalue weighted by Gasteiger charge is 2.31. The molecule has 0 radical (unpaired) electrons. The predicted molar refractivity (Wildman–Crippen MR) is 99.9 cm³/mol. The fraction of sp³-hybridized carbons (Fsp3) is 0.190. The number of benzene rings is 2. The van der Waals surface area contributed by atoms with Gasteiger partial charge in [-0.05, 0) is 29.0 Å². The quantitative estimate of drug-likeness (QED) is 0.302. The van der Waals surface area contributed by atoms with E-state index in [9.17, 15) is 13.2 Å². The second-order valence-corrected chi connectivity index (χ2v) is 7.23. The largest absolute Gasteiger partial charge is 1.00 e. The van der Waals surface area contributed by atoms with Crippen LogP contribution in [-0.4, -0.2) is 5.75 Å². The monoisotopic (exact) mass is 501 g/mol. The van der Waals surface area contributed by atoms with Crippen LogP contribution in [0.5, 0.6) is 0 Å². The number of aryl methyl sites for hydroxylation is 1. The van der Waals surface area contributed by atoms with Gasteiger partial charge in [0.05, 0.1) is 16.7 Å². The average molecular weight is 501 g/mol. The standard InChI is InChI=1S/C21H19F3NS.HI/c1-3-26-20-18(15-8-5-4-6-9-15)13-25(2)14-19(20)16-10-7-11-17(12-16)21(22,23)24;/h4-14H,3H2,1-2H3;1H/q+1;/p-1. The van der Waals surface area contributed by atoms with Crippen LogP contribution in [0, 0.1) is 0 Å². The second-order valence-electron chi connectivity index (χ2n) is 5.96. The Morgan fingerprint density at radius 3 is 2.07 bits per heavy atom. The Morgan fingerprint density at radius 2 is 1.48 bits per heavy atom. The van der Waals surface area contributed by atoms with Gasteiger partial charge < -0.3 is 24.0 Å². The number of thioether (sulfide) groups is 1. The number of aromatic nitrogens is 1. The van der Waals surface area contributed by atoms with Crippen molar-refractivity contribution in [1.29, 1.82) is 0 Å².